The molecule has 0 bridgehead atoms. The highest BCUT2D eigenvalue weighted by molar-refractivity contribution is 7.89. The highest BCUT2D eigenvalue weighted by Crippen LogP contribution is 2.22. The predicted octanol–water partition coefficient (Wildman–Crippen LogP) is 3.71. The zero-order valence-corrected chi connectivity index (χ0v) is 18.9. The van der Waals surface area contributed by atoms with Crippen molar-refractivity contribution >= 4 is 21.6 Å². The molecule has 2 aromatic carbocycles. The smallest absolute Gasteiger partial charge is 0.243 e. The largest absolute Gasteiger partial charge is 0.326 e. The fourth-order valence-electron chi connectivity index (χ4n) is 3.93. The Bertz CT molecular complexity index is 974. The summed E-state index contributed by atoms with van der Waals surface area (Å²) in [6.45, 7) is 6.65. The van der Waals surface area contributed by atoms with E-state index < -0.39 is 10.0 Å². The molecule has 1 N–H and O–H groups in total. The summed E-state index contributed by atoms with van der Waals surface area (Å²) in [7, 11) is -3.52. The van der Waals surface area contributed by atoms with Gasteiger partial charge in [0, 0.05) is 31.9 Å². The van der Waals surface area contributed by atoms with Gasteiger partial charge in [-0.15, -0.1) is 0 Å². The van der Waals surface area contributed by atoms with Crippen LogP contribution in [0.2, 0.25) is 0 Å². The molecule has 1 saturated heterocycles. The first-order chi connectivity index (χ1) is 14.8. The number of piperidine rings is 1. The van der Waals surface area contributed by atoms with Crippen molar-refractivity contribution in [3.63, 3.8) is 0 Å². The van der Waals surface area contributed by atoms with Crippen LogP contribution in [0.5, 0.6) is 0 Å². The number of hydrogen-bond acceptors (Lipinski definition) is 4. The number of hydrogen-bond donors (Lipinski definition) is 1. The molecule has 1 atom stereocenters. The van der Waals surface area contributed by atoms with Gasteiger partial charge in [0.25, 0.3) is 0 Å². The van der Waals surface area contributed by atoms with Crippen molar-refractivity contribution < 1.29 is 17.6 Å². The lowest BCUT2D eigenvalue weighted by atomic mass is 9.96. The number of nitrogens with one attached hydrogen (secondary N) is 1. The Kier molecular flexibility index (Phi) is 7.80. The third kappa shape index (κ3) is 5.90. The van der Waals surface area contributed by atoms with Crippen LogP contribution < -0.4 is 5.32 Å². The summed E-state index contributed by atoms with van der Waals surface area (Å²) in [6.07, 6.45) is 1.72. The van der Waals surface area contributed by atoms with Crippen LogP contribution in [-0.2, 0) is 21.4 Å². The topological polar surface area (TPSA) is 69.7 Å². The van der Waals surface area contributed by atoms with Crippen molar-refractivity contribution in [3.05, 3.63) is 59.9 Å². The molecular weight excluding hydrogens is 417 g/mol. The van der Waals surface area contributed by atoms with Gasteiger partial charge in [0.1, 0.15) is 5.82 Å². The monoisotopic (exact) mass is 447 g/mol. The quantitative estimate of drug-likeness (QED) is 0.670. The van der Waals surface area contributed by atoms with E-state index >= 15 is 0 Å². The Morgan fingerprint density at radius 3 is 2.35 bits per heavy atom. The van der Waals surface area contributed by atoms with Crippen LogP contribution in [0.3, 0.4) is 0 Å². The van der Waals surface area contributed by atoms with Crippen molar-refractivity contribution in [2.45, 2.75) is 38.1 Å². The highest BCUT2D eigenvalue weighted by Gasteiger charge is 2.26. The van der Waals surface area contributed by atoms with Crippen LogP contribution in [0.4, 0.5) is 10.1 Å². The molecular formula is C23H30FN3O3S. The van der Waals surface area contributed by atoms with Gasteiger partial charge in [-0.3, -0.25) is 9.69 Å². The van der Waals surface area contributed by atoms with Gasteiger partial charge in [-0.25, -0.2) is 12.8 Å². The molecule has 2 aromatic rings. The van der Waals surface area contributed by atoms with Gasteiger partial charge in [-0.1, -0.05) is 26.0 Å². The SMILES string of the molecule is CCN(CC)S(=O)(=O)c1ccc(NC(=O)C2CCCN(Cc3ccc(F)cc3)C2)cc1. The van der Waals surface area contributed by atoms with E-state index in [1.807, 2.05) is 0 Å². The average Bonchev–Trinajstić information content (AvgIpc) is 2.76. The standard InChI is InChI=1S/C23H30FN3O3S/c1-3-27(4-2)31(29,30)22-13-11-21(12-14-22)25-23(28)19-6-5-15-26(17-19)16-18-7-9-20(24)10-8-18/h7-14,19H,3-6,15-17H2,1-2H3,(H,25,28). The molecule has 3 rings (SSSR count). The molecule has 1 fully saturated rings. The molecule has 1 aliphatic rings. The second-order valence-corrected chi connectivity index (χ2v) is 9.74. The van der Waals surface area contributed by atoms with Crippen LogP contribution in [-0.4, -0.2) is 49.7 Å². The molecule has 1 aliphatic heterocycles. The van der Waals surface area contributed by atoms with Crippen molar-refractivity contribution in [1.29, 1.82) is 0 Å². The highest BCUT2D eigenvalue weighted by atomic mass is 32.2. The second-order valence-electron chi connectivity index (χ2n) is 7.80. The number of likely N-dealkylation sites (tertiary alicyclic amines) is 1. The Hall–Kier alpha value is -2.29. The summed E-state index contributed by atoms with van der Waals surface area (Å²) in [5.74, 6) is -0.466. The normalized spacial score (nSPS) is 17.6. The van der Waals surface area contributed by atoms with Crippen molar-refractivity contribution in [3.8, 4) is 0 Å². The van der Waals surface area contributed by atoms with E-state index in [2.05, 4.69) is 10.2 Å². The fourth-order valence-corrected chi connectivity index (χ4v) is 5.39. The van der Waals surface area contributed by atoms with Gasteiger partial charge >= 0.3 is 0 Å². The van der Waals surface area contributed by atoms with Crippen molar-refractivity contribution in [2.24, 2.45) is 5.92 Å². The van der Waals surface area contributed by atoms with E-state index in [1.54, 1.807) is 38.1 Å². The summed E-state index contributed by atoms with van der Waals surface area (Å²) < 4.78 is 39.7. The number of sulfonamides is 1. The van der Waals surface area contributed by atoms with E-state index in [4.69, 9.17) is 0 Å². The maximum Gasteiger partial charge on any atom is 0.243 e. The zero-order chi connectivity index (χ0) is 22.4. The van der Waals surface area contributed by atoms with E-state index in [0.29, 0.717) is 31.9 Å². The van der Waals surface area contributed by atoms with Crippen LogP contribution in [0, 0.1) is 11.7 Å². The first-order valence-corrected chi connectivity index (χ1v) is 12.2. The summed E-state index contributed by atoms with van der Waals surface area (Å²) in [4.78, 5) is 15.2. The van der Waals surface area contributed by atoms with Gasteiger partial charge in [-0.05, 0) is 61.3 Å². The molecule has 6 nitrogen and oxygen atoms in total. The third-order valence-electron chi connectivity index (χ3n) is 5.66. The lowest BCUT2D eigenvalue weighted by Crippen LogP contribution is -2.40. The number of halogens is 1. The minimum atomic E-state index is -3.52. The summed E-state index contributed by atoms with van der Waals surface area (Å²) in [6, 6.07) is 12.8. The van der Waals surface area contributed by atoms with Crippen LogP contribution in [0.15, 0.2) is 53.4 Å². The second kappa shape index (κ2) is 10.3. The Morgan fingerprint density at radius 1 is 1.10 bits per heavy atom. The molecule has 0 saturated carbocycles. The summed E-state index contributed by atoms with van der Waals surface area (Å²) in [5, 5.41) is 2.92. The van der Waals surface area contributed by atoms with Crippen molar-refractivity contribution in [1.82, 2.24) is 9.21 Å². The van der Waals surface area contributed by atoms with Crippen LogP contribution in [0.25, 0.3) is 0 Å². The summed E-state index contributed by atoms with van der Waals surface area (Å²) in [5.41, 5.74) is 1.60. The lowest BCUT2D eigenvalue weighted by Gasteiger charge is -2.32. The van der Waals surface area contributed by atoms with Gasteiger partial charge in [0.15, 0.2) is 0 Å². The number of carbonyl (C=O) groups is 1. The van der Waals surface area contributed by atoms with Crippen LogP contribution >= 0.6 is 0 Å². The van der Waals surface area contributed by atoms with E-state index in [-0.39, 0.29) is 22.5 Å². The molecule has 168 valence electrons. The fraction of sp³-hybridized carbons (Fsp3) is 0.435. The molecule has 0 radical (unpaired) electrons. The minimum Gasteiger partial charge on any atom is -0.326 e. The van der Waals surface area contributed by atoms with Crippen molar-refractivity contribution in [2.75, 3.05) is 31.5 Å². The first kappa shape index (κ1) is 23.4. The van der Waals surface area contributed by atoms with Gasteiger partial charge in [0.05, 0.1) is 10.8 Å². The molecule has 0 aliphatic carbocycles. The third-order valence-corrected chi connectivity index (χ3v) is 7.72. The van der Waals surface area contributed by atoms with Gasteiger partial charge in [-0.2, -0.15) is 4.31 Å². The summed E-state index contributed by atoms with van der Waals surface area (Å²) >= 11 is 0. The number of carbonyl (C=O) groups excluding carboxylic acids is 1. The van der Waals surface area contributed by atoms with E-state index in [1.165, 1.54) is 28.6 Å². The molecule has 1 amide bonds. The maximum atomic E-state index is 13.1. The average molecular weight is 448 g/mol. The van der Waals surface area contributed by atoms with E-state index in [0.717, 1.165) is 24.9 Å². The molecule has 1 unspecified atom stereocenters. The predicted molar refractivity (Wildman–Crippen MR) is 120 cm³/mol. The zero-order valence-electron chi connectivity index (χ0n) is 18.1. The molecule has 0 aromatic heterocycles. The first-order valence-electron chi connectivity index (χ1n) is 10.7. The molecule has 8 heteroatoms. The minimum absolute atomic E-state index is 0.0665. The Morgan fingerprint density at radius 2 is 1.74 bits per heavy atom. The number of amides is 1. The molecule has 1 heterocycles. The number of nitrogens with zero attached hydrogens (tertiary/aromatic N) is 2. The maximum absolute atomic E-state index is 13.1. The lowest BCUT2D eigenvalue weighted by molar-refractivity contribution is -0.121. The number of rotatable bonds is 8. The van der Waals surface area contributed by atoms with Gasteiger partial charge in [0.2, 0.25) is 15.9 Å². The molecule has 0 spiro atoms. The Labute approximate surface area is 184 Å². The number of anilines is 1. The number of benzene rings is 2. The van der Waals surface area contributed by atoms with E-state index in [9.17, 15) is 17.6 Å². The Balaban J connectivity index is 1.60. The van der Waals surface area contributed by atoms with Gasteiger partial charge < -0.3 is 5.32 Å². The van der Waals surface area contributed by atoms with Crippen LogP contribution in [0.1, 0.15) is 32.3 Å². The molecule has 31 heavy (non-hydrogen) atoms.